The molecule has 13 heteroatoms. The van der Waals surface area contributed by atoms with Crippen molar-refractivity contribution in [2.24, 2.45) is 0 Å². The lowest BCUT2D eigenvalue weighted by molar-refractivity contribution is -0.142. The van der Waals surface area contributed by atoms with E-state index in [0.717, 1.165) is 6.07 Å². The molecular weight excluding hydrogens is 442 g/mol. The molecule has 1 N–H and O–H groups in total. The van der Waals surface area contributed by atoms with Crippen molar-refractivity contribution in [3.63, 3.8) is 0 Å². The van der Waals surface area contributed by atoms with Crippen LogP contribution in [0.1, 0.15) is 30.1 Å². The van der Waals surface area contributed by atoms with Crippen molar-refractivity contribution in [1.29, 1.82) is 0 Å². The summed E-state index contributed by atoms with van der Waals surface area (Å²) in [6, 6.07) is 5.17. The Bertz CT molecular complexity index is 1170. The molecule has 1 fully saturated rings. The van der Waals surface area contributed by atoms with Crippen LogP contribution in [-0.4, -0.2) is 28.0 Å². The van der Waals surface area contributed by atoms with Crippen LogP contribution in [0.15, 0.2) is 29.4 Å². The number of aromatic nitrogens is 4. The van der Waals surface area contributed by atoms with Crippen LogP contribution in [0.5, 0.6) is 0 Å². The first-order valence-corrected chi connectivity index (χ1v) is 10.1. The first kappa shape index (κ1) is 19.2. The zero-order valence-electron chi connectivity index (χ0n) is 13.7. The monoisotopic (exact) mass is 451 g/mol. The number of alkyl halides is 3. The van der Waals surface area contributed by atoms with E-state index in [0.29, 0.717) is 17.4 Å². The Balaban J connectivity index is 1.83. The SMILES string of the molecule is O=S(=O)(Nc1c(Cl)cccc1Cl)c1nc2nc(C3CC3)cc(C(F)(F)F)n2n1. The van der Waals surface area contributed by atoms with Crippen LogP contribution in [0.25, 0.3) is 5.78 Å². The molecule has 2 aromatic heterocycles. The summed E-state index contributed by atoms with van der Waals surface area (Å²) in [6.07, 6.45) is -3.34. The van der Waals surface area contributed by atoms with Crippen molar-refractivity contribution in [2.75, 3.05) is 4.72 Å². The van der Waals surface area contributed by atoms with Crippen LogP contribution in [0, 0.1) is 0 Å². The summed E-state index contributed by atoms with van der Waals surface area (Å²) >= 11 is 11.9. The van der Waals surface area contributed by atoms with Crippen LogP contribution in [-0.2, 0) is 16.2 Å². The number of anilines is 1. The van der Waals surface area contributed by atoms with Gasteiger partial charge in [0.1, 0.15) is 0 Å². The highest BCUT2D eigenvalue weighted by Gasteiger charge is 2.38. The standard InChI is InChI=1S/C15H10Cl2F3N5O2S/c16-8-2-1-3-9(17)12(8)24-28(26,27)14-22-13-21-10(7-4-5-7)6-11(15(18,19)20)25(13)23-14/h1-3,6-7,24H,4-5H2. The molecule has 1 saturated carbocycles. The number of halogens is 5. The summed E-state index contributed by atoms with van der Waals surface area (Å²) < 4.78 is 67.9. The second-order valence-electron chi connectivity index (χ2n) is 6.15. The number of hydrogen-bond acceptors (Lipinski definition) is 5. The predicted octanol–water partition coefficient (Wildman–Crippen LogP) is 4.13. The van der Waals surface area contributed by atoms with Crippen LogP contribution >= 0.6 is 23.2 Å². The van der Waals surface area contributed by atoms with E-state index < -0.39 is 32.8 Å². The van der Waals surface area contributed by atoms with Gasteiger partial charge in [-0.3, -0.25) is 4.72 Å². The molecule has 1 aliphatic rings. The molecular formula is C15H10Cl2F3N5O2S. The molecule has 1 aromatic carbocycles. The van der Waals surface area contributed by atoms with Gasteiger partial charge in [0.2, 0.25) is 0 Å². The first-order chi connectivity index (χ1) is 13.1. The molecule has 148 valence electrons. The molecule has 28 heavy (non-hydrogen) atoms. The second-order valence-corrected chi connectivity index (χ2v) is 8.54. The van der Waals surface area contributed by atoms with E-state index in [9.17, 15) is 21.6 Å². The summed E-state index contributed by atoms with van der Waals surface area (Å²) in [5, 5.41) is 2.64. The fourth-order valence-electron chi connectivity index (χ4n) is 2.55. The Hall–Kier alpha value is -2.11. The average Bonchev–Trinajstić information content (AvgIpc) is 3.35. The van der Waals surface area contributed by atoms with Crippen LogP contribution in [0.2, 0.25) is 10.0 Å². The lowest BCUT2D eigenvalue weighted by Gasteiger charge is -2.09. The van der Waals surface area contributed by atoms with Gasteiger partial charge in [-0.1, -0.05) is 29.3 Å². The molecule has 0 spiro atoms. The van der Waals surface area contributed by atoms with Crippen molar-refractivity contribution in [1.82, 2.24) is 19.6 Å². The van der Waals surface area contributed by atoms with Gasteiger partial charge in [0.05, 0.1) is 15.7 Å². The third kappa shape index (κ3) is 3.49. The van der Waals surface area contributed by atoms with E-state index in [4.69, 9.17) is 23.2 Å². The lowest BCUT2D eigenvalue weighted by atomic mass is 10.2. The van der Waals surface area contributed by atoms with Gasteiger partial charge >= 0.3 is 6.18 Å². The fraction of sp³-hybridized carbons (Fsp3) is 0.267. The van der Waals surface area contributed by atoms with Gasteiger partial charge in [0.25, 0.3) is 21.0 Å². The fourth-order valence-corrected chi connectivity index (χ4v) is 4.12. The van der Waals surface area contributed by atoms with Gasteiger partial charge < -0.3 is 0 Å². The normalized spacial score (nSPS) is 15.2. The summed E-state index contributed by atoms with van der Waals surface area (Å²) in [5.41, 5.74) is -1.07. The maximum Gasteiger partial charge on any atom is 0.433 e. The quantitative estimate of drug-likeness (QED) is 0.643. The highest BCUT2D eigenvalue weighted by atomic mass is 35.5. The van der Waals surface area contributed by atoms with Gasteiger partial charge in [-0.25, -0.2) is 4.98 Å². The van der Waals surface area contributed by atoms with Gasteiger partial charge in [-0.05, 0) is 31.0 Å². The van der Waals surface area contributed by atoms with Crippen molar-refractivity contribution >= 4 is 44.7 Å². The topological polar surface area (TPSA) is 89.2 Å². The minimum absolute atomic E-state index is 0.00460. The van der Waals surface area contributed by atoms with Crippen LogP contribution in [0.4, 0.5) is 18.9 Å². The van der Waals surface area contributed by atoms with Crippen LogP contribution < -0.4 is 4.72 Å². The third-order valence-electron chi connectivity index (χ3n) is 4.04. The molecule has 0 saturated heterocycles. The Morgan fingerprint density at radius 3 is 2.36 bits per heavy atom. The number of nitrogens with one attached hydrogen (secondary N) is 1. The number of para-hydroxylation sites is 1. The van der Waals surface area contributed by atoms with Crippen molar-refractivity contribution in [2.45, 2.75) is 30.1 Å². The van der Waals surface area contributed by atoms with Crippen molar-refractivity contribution < 1.29 is 21.6 Å². The van der Waals surface area contributed by atoms with E-state index in [-0.39, 0.29) is 27.3 Å². The summed E-state index contributed by atoms with van der Waals surface area (Å²) in [6.45, 7) is 0. The Morgan fingerprint density at radius 1 is 1.14 bits per heavy atom. The largest absolute Gasteiger partial charge is 0.433 e. The van der Waals surface area contributed by atoms with Gasteiger partial charge in [0, 0.05) is 11.6 Å². The zero-order valence-corrected chi connectivity index (χ0v) is 16.0. The van der Waals surface area contributed by atoms with E-state index in [1.54, 1.807) is 0 Å². The number of rotatable bonds is 4. The van der Waals surface area contributed by atoms with E-state index >= 15 is 0 Å². The summed E-state index contributed by atoms with van der Waals surface area (Å²) in [5.74, 6) is -0.551. The Morgan fingerprint density at radius 2 is 1.79 bits per heavy atom. The third-order valence-corrected chi connectivity index (χ3v) is 5.79. The summed E-state index contributed by atoms with van der Waals surface area (Å²) in [4.78, 5) is 7.72. The van der Waals surface area contributed by atoms with E-state index in [1.165, 1.54) is 18.2 Å². The number of benzene rings is 1. The Kier molecular flexibility index (Phi) is 4.43. The van der Waals surface area contributed by atoms with Crippen molar-refractivity contribution in [3.8, 4) is 0 Å². The molecule has 0 aliphatic heterocycles. The first-order valence-electron chi connectivity index (χ1n) is 7.88. The van der Waals surface area contributed by atoms with Crippen molar-refractivity contribution in [3.05, 3.63) is 45.7 Å². The molecule has 2 heterocycles. The minimum atomic E-state index is -4.76. The maximum atomic E-state index is 13.4. The molecule has 0 radical (unpaired) electrons. The Labute approximate surface area is 166 Å². The molecule has 7 nitrogen and oxygen atoms in total. The number of hydrogen-bond donors (Lipinski definition) is 1. The average molecular weight is 452 g/mol. The number of sulfonamides is 1. The van der Waals surface area contributed by atoms with E-state index in [2.05, 4.69) is 19.8 Å². The molecule has 4 rings (SSSR count). The number of nitrogens with zero attached hydrogens (tertiary/aromatic N) is 4. The molecule has 0 bridgehead atoms. The van der Waals surface area contributed by atoms with Gasteiger partial charge in [0.15, 0.2) is 5.69 Å². The van der Waals surface area contributed by atoms with Gasteiger partial charge in [-0.2, -0.15) is 31.1 Å². The highest BCUT2D eigenvalue weighted by molar-refractivity contribution is 7.92. The smallest absolute Gasteiger partial charge is 0.274 e. The second kappa shape index (κ2) is 6.46. The minimum Gasteiger partial charge on any atom is -0.274 e. The molecule has 0 atom stereocenters. The van der Waals surface area contributed by atoms with Gasteiger partial charge in [-0.15, -0.1) is 5.10 Å². The predicted molar refractivity (Wildman–Crippen MR) is 95.0 cm³/mol. The van der Waals surface area contributed by atoms with E-state index in [1.807, 2.05) is 0 Å². The zero-order chi connectivity index (χ0) is 20.3. The van der Waals surface area contributed by atoms with Crippen LogP contribution in [0.3, 0.4) is 0 Å². The number of fused-ring (bicyclic) bond motifs is 1. The molecule has 3 aromatic rings. The lowest BCUT2D eigenvalue weighted by Crippen LogP contribution is -2.17. The molecule has 0 amide bonds. The maximum absolute atomic E-state index is 13.4. The highest BCUT2D eigenvalue weighted by Crippen LogP contribution is 2.41. The molecule has 1 aliphatic carbocycles. The summed E-state index contributed by atoms with van der Waals surface area (Å²) in [7, 11) is -4.47. The molecule has 0 unspecified atom stereocenters.